The normalized spacial score (nSPS) is 10.6. The molecule has 3 aromatic carbocycles. The summed E-state index contributed by atoms with van der Waals surface area (Å²) in [5.41, 5.74) is 3.81. The van der Waals surface area contributed by atoms with Gasteiger partial charge in [-0.1, -0.05) is 30.3 Å². The van der Waals surface area contributed by atoms with Crippen LogP contribution >= 0.6 is 0 Å². The van der Waals surface area contributed by atoms with Crippen molar-refractivity contribution in [3.63, 3.8) is 0 Å². The summed E-state index contributed by atoms with van der Waals surface area (Å²) < 4.78 is 16.7. The molecule has 0 saturated heterocycles. The van der Waals surface area contributed by atoms with E-state index in [1.165, 1.54) is 0 Å². The van der Waals surface area contributed by atoms with Crippen LogP contribution in [0.3, 0.4) is 0 Å². The van der Waals surface area contributed by atoms with Gasteiger partial charge in [0, 0.05) is 23.4 Å². The Morgan fingerprint density at radius 3 is 2.31 bits per heavy atom. The van der Waals surface area contributed by atoms with Crippen LogP contribution in [0, 0.1) is 0 Å². The summed E-state index contributed by atoms with van der Waals surface area (Å²) in [5.74, 6) is 3.06. The molecule has 0 radical (unpaired) electrons. The standard InChI is InChI=1S/C24H22N2O3/c1-27-19-10-8-18(9-11-19)24-25-15-22(26-24)21-13-12-20(14-23(21)28-2)29-16-17-6-4-3-5-7-17/h3-15H,16H2,1-2H3,(H,25,26). The summed E-state index contributed by atoms with van der Waals surface area (Å²) >= 11 is 0. The monoisotopic (exact) mass is 386 g/mol. The molecule has 5 nitrogen and oxygen atoms in total. The molecule has 1 aromatic heterocycles. The molecule has 5 heteroatoms. The topological polar surface area (TPSA) is 56.4 Å². The fraction of sp³-hybridized carbons (Fsp3) is 0.125. The molecule has 0 fully saturated rings. The van der Waals surface area contributed by atoms with E-state index in [0.717, 1.165) is 39.7 Å². The number of ether oxygens (including phenoxy) is 3. The number of hydrogen-bond donors (Lipinski definition) is 1. The number of imidazole rings is 1. The number of nitrogens with one attached hydrogen (secondary N) is 1. The van der Waals surface area contributed by atoms with Crippen LogP contribution in [0.15, 0.2) is 79.0 Å². The van der Waals surface area contributed by atoms with Crippen molar-refractivity contribution in [3.8, 4) is 39.9 Å². The summed E-state index contributed by atoms with van der Waals surface area (Å²) in [5, 5.41) is 0. The number of rotatable bonds is 7. The molecule has 146 valence electrons. The molecule has 0 aliphatic rings. The second-order valence-corrected chi connectivity index (χ2v) is 6.50. The first-order valence-corrected chi connectivity index (χ1v) is 9.32. The number of benzene rings is 3. The van der Waals surface area contributed by atoms with E-state index in [-0.39, 0.29) is 0 Å². The highest BCUT2D eigenvalue weighted by Gasteiger charge is 2.12. The summed E-state index contributed by atoms with van der Waals surface area (Å²) in [6, 6.07) is 23.6. The highest BCUT2D eigenvalue weighted by molar-refractivity contribution is 5.71. The molecule has 0 amide bonds. The molecule has 1 heterocycles. The lowest BCUT2D eigenvalue weighted by Crippen LogP contribution is -1.96. The van der Waals surface area contributed by atoms with Crippen LogP contribution in [0.5, 0.6) is 17.2 Å². The number of H-pyrrole nitrogens is 1. The minimum Gasteiger partial charge on any atom is -0.497 e. The predicted molar refractivity (Wildman–Crippen MR) is 113 cm³/mol. The van der Waals surface area contributed by atoms with Crippen molar-refractivity contribution in [1.29, 1.82) is 0 Å². The first-order valence-electron chi connectivity index (χ1n) is 9.32. The van der Waals surface area contributed by atoms with Crippen LogP contribution in [0.4, 0.5) is 0 Å². The number of aromatic nitrogens is 2. The third kappa shape index (κ3) is 4.24. The van der Waals surface area contributed by atoms with Gasteiger partial charge in [0.15, 0.2) is 0 Å². The third-order valence-corrected chi connectivity index (χ3v) is 4.64. The van der Waals surface area contributed by atoms with Crippen LogP contribution in [0.25, 0.3) is 22.6 Å². The maximum atomic E-state index is 5.90. The lowest BCUT2D eigenvalue weighted by atomic mass is 10.1. The summed E-state index contributed by atoms with van der Waals surface area (Å²) in [4.78, 5) is 7.95. The zero-order valence-electron chi connectivity index (χ0n) is 16.4. The first-order chi connectivity index (χ1) is 14.3. The predicted octanol–water partition coefficient (Wildman–Crippen LogP) is 5.34. The van der Waals surface area contributed by atoms with Crippen molar-refractivity contribution in [1.82, 2.24) is 9.97 Å². The van der Waals surface area contributed by atoms with Crippen LogP contribution in [-0.4, -0.2) is 24.2 Å². The number of nitrogens with zero attached hydrogens (tertiary/aromatic N) is 1. The summed E-state index contributed by atoms with van der Waals surface area (Å²) in [6.07, 6.45) is 1.88. The quantitative estimate of drug-likeness (QED) is 0.466. The Hall–Kier alpha value is -3.73. The molecule has 0 saturated carbocycles. The highest BCUT2D eigenvalue weighted by Crippen LogP contribution is 2.33. The molecular weight excluding hydrogens is 364 g/mol. The van der Waals surface area contributed by atoms with Crippen molar-refractivity contribution in [2.75, 3.05) is 14.2 Å². The van der Waals surface area contributed by atoms with E-state index in [0.29, 0.717) is 12.4 Å². The molecule has 29 heavy (non-hydrogen) atoms. The molecule has 0 unspecified atom stereocenters. The molecule has 0 bridgehead atoms. The number of hydrogen-bond acceptors (Lipinski definition) is 4. The van der Waals surface area contributed by atoms with E-state index in [1.807, 2.05) is 79.0 Å². The second-order valence-electron chi connectivity index (χ2n) is 6.50. The zero-order chi connectivity index (χ0) is 20.1. The Labute approximate surface area is 169 Å². The molecule has 4 rings (SSSR count). The molecule has 1 N–H and O–H groups in total. The van der Waals surface area contributed by atoms with Gasteiger partial charge in [-0.15, -0.1) is 0 Å². The second kappa shape index (κ2) is 8.52. The van der Waals surface area contributed by atoms with E-state index < -0.39 is 0 Å². The Balaban J connectivity index is 1.54. The van der Waals surface area contributed by atoms with Gasteiger partial charge in [-0.3, -0.25) is 0 Å². The van der Waals surface area contributed by atoms with Crippen molar-refractivity contribution in [3.05, 3.63) is 84.6 Å². The molecule has 0 aliphatic heterocycles. The molecular formula is C24H22N2O3. The Kier molecular flexibility index (Phi) is 5.47. The molecule has 0 aliphatic carbocycles. The summed E-state index contributed by atoms with van der Waals surface area (Å²) in [7, 11) is 3.30. The lowest BCUT2D eigenvalue weighted by molar-refractivity contribution is 0.304. The Bertz CT molecular complexity index is 1070. The van der Waals surface area contributed by atoms with Crippen LogP contribution < -0.4 is 14.2 Å². The van der Waals surface area contributed by atoms with Crippen molar-refractivity contribution in [2.45, 2.75) is 6.61 Å². The van der Waals surface area contributed by atoms with Crippen molar-refractivity contribution >= 4 is 0 Å². The number of aromatic amines is 1. The van der Waals surface area contributed by atoms with Crippen molar-refractivity contribution in [2.24, 2.45) is 0 Å². The van der Waals surface area contributed by atoms with Gasteiger partial charge in [-0.05, 0) is 42.0 Å². The zero-order valence-corrected chi connectivity index (χ0v) is 16.4. The maximum absolute atomic E-state index is 5.90. The van der Waals surface area contributed by atoms with Crippen LogP contribution in [0.1, 0.15) is 5.56 Å². The minimum absolute atomic E-state index is 0.507. The average Bonchev–Trinajstić information content (AvgIpc) is 3.28. The fourth-order valence-electron chi connectivity index (χ4n) is 3.07. The average molecular weight is 386 g/mol. The van der Waals surface area contributed by atoms with Gasteiger partial charge in [-0.25, -0.2) is 4.98 Å². The van der Waals surface area contributed by atoms with E-state index in [9.17, 15) is 0 Å². The first kappa shape index (κ1) is 18.6. The van der Waals surface area contributed by atoms with E-state index in [1.54, 1.807) is 14.2 Å². The lowest BCUT2D eigenvalue weighted by Gasteiger charge is -2.11. The third-order valence-electron chi connectivity index (χ3n) is 4.64. The SMILES string of the molecule is COc1ccc(-c2nc(-c3ccc(OCc4ccccc4)cc3OC)c[nH]2)cc1. The summed E-state index contributed by atoms with van der Waals surface area (Å²) in [6.45, 7) is 0.507. The molecule has 0 atom stereocenters. The molecule has 0 spiro atoms. The Morgan fingerprint density at radius 2 is 1.59 bits per heavy atom. The van der Waals surface area contributed by atoms with Crippen molar-refractivity contribution < 1.29 is 14.2 Å². The maximum Gasteiger partial charge on any atom is 0.138 e. The van der Waals surface area contributed by atoms with E-state index in [4.69, 9.17) is 19.2 Å². The van der Waals surface area contributed by atoms with Gasteiger partial charge in [0.05, 0.1) is 19.9 Å². The van der Waals surface area contributed by atoms with Crippen LogP contribution in [-0.2, 0) is 6.61 Å². The Morgan fingerprint density at radius 1 is 0.828 bits per heavy atom. The van der Waals surface area contributed by atoms with Gasteiger partial charge in [0.25, 0.3) is 0 Å². The largest absolute Gasteiger partial charge is 0.497 e. The number of methoxy groups -OCH3 is 2. The fourth-order valence-corrected chi connectivity index (χ4v) is 3.07. The van der Waals surface area contributed by atoms with Gasteiger partial charge in [0.2, 0.25) is 0 Å². The van der Waals surface area contributed by atoms with Crippen LogP contribution in [0.2, 0.25) is 0 Å². The minimum atomic E-state index is 0.507. The van der Waals surface area contributed by atoms with Gasteiger partial charge < -0.3 is 19.2 Å². The molecule has 4 aromatic rings. The van der Waals surface area contributed by atoms with Gasteiger partial charge in [-0.2, -0.15) is 0 Å². The highest BCUT2D eigenvalue weighted by atomic mass is 16.5. The van der Waals surface area contributed by atoms with Gasteiger partial charge in [0.1, 0.15) is 29.7 Å². The smallest absolute Gasteiger partial charge is 0.138 e. The van der Waals surface area contributed by atoms with Gasteiger partial charge >= 0.3 is 0 Å². The van der Waals surface area contributed by atoms with E-state index >= 15 is 0 Å². The van der Waals surface area contributed by atoms with E-state index in [2.05, 4.69) is 4.98 Å².